The molecule has 242 valence electrons. The molecule has 0 spiro atoms. The topological polar surface area (TPSA) is 175 Å². The highest BCUT2D eigenvalue weighted by atomic mass is 32.2. The van der Waals surface area contributed by atoms with Crippen molar-refractivity contribution in [3.05, 3.63) is 140 Å². The number of nitrogens with one attached hydrogen (secondary N) is 2. The van der Waals surface area contributed by atoms with Crippen molar-refractivity contribution in [2.45, 2.75) is 25.3 Å². The number of hydrogen-bond donors (Lipinski definition) is 2. The van der Waals surface area contributed by atoms with Gasteiger partial charge in [0.2, 0.25) is 0 Å². The average molecular weight is 658 g/mol. The lowest BCUT2D eigenvalue weighted by Crippen LogP contribution is -2.47. The van der Waals surface area contributed by atoms with Gasteiger partial charge < -0.3 is 14.8 Å². The first kappa shape index (κ1) is 34.1. The van der Waals surface area contributed by atoms with Crippen molar-refractivity contribution in [3.63, 3.8) is 0 Å². The number of amides is 2. The van der Waals surface area contributed by atoms with Crippen LogP contribution in [0.25, 0.3) is 0 Å². The third-order valence-corrected chi connectivity index (χ3v) is 7.60. The highest BCUT2D eigenvalue weighted by molar-refractivity contribution is 7.98. The summed E-state index contributed by atoms with van der Waals surface area (Å²) in [6.45, 7) is 2.59. The summed E-state index contributed by atoms with van der Waals surface area (Å²) in [6.07, 6.45) is 1.40. The van der Waals surface area contributed by atoms with Gasteiger partial charge in [0.25, 0.3) is 23.2 Å². The summed E-state index contributed by atoms with van der Waals surface area (Å²) >= 11 is 1.36. The average Bonchev–Trinajstić information content (AvgIpc) is 3.08. The van der Waals surface area contributed by atoms with Crippen LogP contribution in [-0.4, -0.2) is 46.3 Å². The van der Waals surface area contributed by atoms with E-state index in [2.05, 4.69) is 15.8 Å². The number of ether oxygens (including phenoxy) is 2. The third-order valence-electron chi connectivity index (χ3n) is 6.50. The molecule has 4 aromatic rings. The van der Waals surface area contributed by atoms with Crippen LogP contribution in [0.15, 0.2) is 102 Å². The summed E-state index contributed by atoms with van der Waals surface area (Å²) in [7, 11) is 0. The van der Waals surface area contributed by atoms with Crippen molar-refractivity contribution >= 4 is 41.2 Å². The highest BCUT2D eigenvalue weighted by Gasteiger charge is 2.25. The molecule has 1 unspecified atom stereocenters. The number of nitrogens with zero attached hydrogens (tertiary/aromatic N) is 3. The Morgan fingerprint density at radius 2 is 1.49 bits per heavy atom. The van der Waals surface area contributed by atoms with Crippen LogP contribution in [0.5, 0.6) is 11.5 Å². The zero-order chi connectivity index (χ0) is 33.6. The first-order chi connectivity index (χ1) is 22.7. The second-order valence-electron chi connectivity index (χ2n) is 9.93. The van der Waals surface area contributed by atoms with E-state index in [1.165, 1.54) is 18.0 Å². The van der Waals surface area contributed by atoms with Gasteiger partial charge in [0, 0.05) is 23.6 Å². The lowest BCUT2D eigenvalue weighted by molar-refractivity contribution is -0.394. The largest absolute Gasteiger partial charge is 0.490 e. The van der Waals surface area contributed by atoms with Crippen LogP contribution in [0.2, 0.25) is 0 Å². The molecule has 0 saturated carbocycles. The van der Waals surface area contributed by atoms with Gasteiger partial charge in [-0.15, -0.1) is 0 Å². The highest BCUT2D eigenvalue weighted by Crippen LogP contribution is 2.29. The van der Waals surface area contributed by atoms with E-state index in [0.29, 0.717) is 36.0 Å². The van der Waals surface area contributed by atoms with Crippen molar-refractivity contribution in [2.75, 3.05) is 12.4 Å². The monoisotopic (exact) mass is 657 g/mol. The Labute approximate surface area is 274 Å². The Morgan fingerprint density at radius 1 is 0.851 bits per heavy atom. The molecular formula is C33H31N5O8S. The van der Waals surface area contributed by atoms with Crippen molar-refractivity contribution in [3.8, 4) is 11.5 Å². The van der Waals surface area contributed by atoms with E-state index >= 15 is 0 Å². The number of non-ortho nitro benzene ring substituents is 2. The minimum Gasteiger partial charge on any atom is -0.490 e. The second-order valence-corrected chi connectivity index (χ2v) is 11.0. The SMILES string of the molecule is CCOc1cc(C=NNC(=O)C(CSCc2ccccc2)NC(=O)c2cc([N+](=O)[O-])cc([N+](=O)[O-])c2)ccc1OCc1ccccc1. The van der Waals surface area contributed by atoms with Gasteiger partial charge in [-0.2, -0.15) is 16.9 Å². The Balaban J connectivity index is 1.47. The molecule has 13 nitrogen and oxygen atoms in total. The summed E-state index contributed by atoms with van der Waals surface area (Å²) in [5, 5.41) is 29.2. The number of benzene rings is 4. The van der Waals surface area contributed by atoms with Gasteiger partial charge in [0.05, 0.1) is 34.3 Å². The molecule has 2 N–H and O–H groups in total. The predicted octanol–water partition coefficient (Wildman–Crippen LogP) is 5.66. The van der Waals surface area contributed by atoms with Gasteiger partial charge in [-0.05, 0) is 41.8 Å². The molecule has 0 radical (unpaired) electrons. The smallest absolute Gasteiger partial charge is 0.277 e. The Kier molecular flexibility index (Phi) is 12.4. The summed E-state index contributed by atoms with van der Waals surface area (Å²) in [5.74, 6) is 0.117. The molecule has 0 aliphatic rings. The molecule has 0 heterocycles. The van der Waals surface area contributed by atoms with Gasteiger partial charge in [0.1, 0.15) is 12.6 Å². The molecule has 0 fully saturated rings. The Hall–Kier alpha value is -5.76. The zero-order valence-corrected chi connectivity index (χ0v) is 26.1. The summed E-state index contributed by atoms with van der Waals surface area (Å²) < 4.78 is 11.7. The quantitative estimate of drug-likeness (QED) is 0.0874. The Bertz CT molecular complexity index is 1710. The molecule has 2 amide bonds. The number of rotatable bonds is 16. The van der Waals surface area contributed by atoms with Gasteiger partial charge >= 0.3 is 0 Å². The van der Waals surface area contributed by atoms with E-state index in [1.807, 2.05) is 67.6 Å². The normalized spacial score (nSPS) is 11.4. The van der Waals surface area contributed by atoms with Crippen molar-refractivity contribution < 1.29 is 28.9 Å². The van der Waals surface area contributed by atoms with E-state index in [4.69, 9.17) is 9.47 Å². The van der Waals surface area contributed by atoms with Crippen molar-refractivity contribution in [1.29, 1.82) is 0 Å². The van der Waals surface area contributed by atoms with Crippen LogP contribution in [0.4, 0.5) is 11.4 Å². The summed E-state index contributed by atoms with van der Waals surface area (Å²) in [5.41, 5.74) is 3.42. The molecule has 0 saturated heterocycles. The van der Waals surface area contributed by atoms with Crippen LogP contribution in [0.3, 0.4) is 0 Å². The second kappa shape index (κ2) is 17.1. The van der Waals surface area contributed by atoms with Crippen LogP contribution < -0.4 is 20.2 Å². The molecular weight excluding hydrogens is 626 g/mol. The number of hydrazone groups is 1. The lowest BCUT2D eigenvalue weighted by atomic mass is 10.1. The van der Waals surface area contributed by atoms with Crippen molar-refractivity contribution in [2.24, 2.45) is 5.10 Å². The molecule has 14 heteroatoms. The van der Waals surface area contributed by atoms with Gasteiger partial charge in [-0.1, -0.05) is 60.7 Å². The maximum absolute atomic E-state index is 13.2. The fourth-order valence-electron chi connectivity index (χ4n) is 4.21. The fourth-order valence-corrected chi connectivity index (χ4v) is 5.22. The minimum atomic E-state index is -1.14. The first-order valence-corrected chi connectivity index (χ1v) is 15.5. The summed E-state index contributed by atoms with van der Waals surface area (Å²) in [6, 6.07) is 25.8. The number of nitro benzene ring substituents is 2. The maximum atomic E-state index is 13.2. The predicted molar refractivity (Wildman–Crippen MR) is 178 cm³/mol. The molecule has 1 atom stereocenters. The molecule has 0 aliphatic heterocycles. The van der Waals surface area contributed by atoms with Crippen LogP contribution in [0.1, 0.15) is 34.0 Å². The number of carbonyl (C=O) groups excluding carboxylic acids is 2. The van der Waals surface area contributed by atoms with E-state index in [-0.39, 0.29) is 11.3 Å². The number of carbonyl (C=O) groups is 2. The van der Waals surface area contributed by atoms with E-state index in [1.54, 1.807) is 18.2 Å². The lowest BCUT2D eigenvalue weighted by Gasteiger charge is -2.17. The number of nitro groups is 2. The zero-order valence-electron chi connectivity index (χ0n) is 25.2. The van der Waals surface area contributed by atoms with E-state index in [9.17, 15) is 29.8 Å². The van der Waals surface area contributed by atoms with Crippen molar-refractivity contribution in [1.82, 2.24) is 10.7 Å². The van der Waals surface area contributed by atoms with E-state index in [0.717, 1.165) is 29.3 Å². The Morgan fingerprint density at radius 3 is 2.11 bits per heavy atom. The minimum absolute atomic E-state index is 0.112. The van der Waals surface area contributed by atoms with E-state index < -0.39 is 39.1 Å². The molecule has 0 aromatic heterocycles. The summed E-state index contributed by atoms with van der Waals surface area (Å²) in [4.78, 5) is 47.3. The molecule has 0 bridgehead atoms. The molecule has 4 rings (SSSR count). The maximum Gasteiger partial charge on any atom is 0.277 e. The van der Waals surface area contributed by atoms with Crippen LogP contribution in [0, 0.1) is 20.2 Å². The molecule has 0 aliphatic carbocycles. The number of thioether (sulfide) groups is 1. The van der Waals surface area contributed by atoms with Gasteiger partial charge in [-0.3, -0.25) is 29.8 Å². The van der Waals surface area contributed by atoms with Gasteiger partial charge in [0.15, 0.2) is 11.5 Å². The molecule has 4 aromatic carbocycles. The van der Waals surface area contributed by atoms with Crippen LogP contribution in [-0.2, 0) is 17.2 Å². The number of hydrogen-bond acceptors (Lipinski definition) is 10. The van der Waals surface area contributed by atoms with Gasteiger partial charge in [-0.25, -0.2) is 5.43 Å². The third kappa shape index (κ3) is 10.4. The molecule has 47 heavy (non-hydrogen) atoms. The van der Waals surface area contributed by atoms with Crippen LogP contribution >= 0.6 is 11.8 Å². The fraction of sp³-hybridized carbons (Fsp3) is 0.182. The first-order valence-electron chi connectivity index (χ1n) is 14.4. The standard InChI is InChI=1S/C33H31N5O8S/c1-2-45-31-15-25(13-14-30(31)46-20-23-9-5-3-6-10-23)19-34-36-33(40)29(22-47-21-24-11-7-4-8-12-24)35-32(39)26-16-27(37(41)42)18-28(17-26)38(43)44/h3-19,29H,2,20-22H2,1H3,(H,35,39)(H,36,40).